The van der Waals surface area contributed by atoms with Crippen molar-refractivity contribution in [3.63, 3.8) is 0 Å². The average molecular weight is 749 g/mol. The Hall–Kier alpha value is -0.978. The molecule has 2 aromatic carbocycles. The number of ether oxygens (including phenoxy) is 2. The van der Waals surface area contributed by atoms with E-state index in [1.165, 1.54) is 18.3 Å². The van der Waals surface area contributed by atoms with E-state index in [0.717, 1.165) is 9.40 Å². The third-order valence-corrected chi connectivity index (χ3v) is 4.96. The van der Waals surface area contributed by atoms with Gasteiger partial charge in [-0.2, -0.15) is 0 Å². The number of ketones is 1. The van der Waals surface area contributed by atoms with Crippen molar-refractivity contribution in [2.75, 3.05) is 13.2 Å². The Labute approximate surface area is 252 Å². The molecule has 0 saturated carbocycles. The first-order valence-corrected chi connectivity index (χ1v) is 11.2. The van der Waals surface area contributed by atoms with Gasteiger partial charge in [-0.25, -0.2) is 0 Å². The van der Waals surface area contributed by atoms with E-state index < -0.39 is 12.1 Å². The van der Waals surface area contributed by atoms with Crippen LogP contribution in [0.15, 0.2) is 47.3 Å². The summed E-state index contributed by atoms with van der Waals surface area (Å²) in [4.78, 5) is 35.0. The minimum absolute atomic E-state index is 0. The van der Waals surface area contributed by atoms with Crippen LogP contribution in [0.5, 0.6) is 5.75 Å². The van der Waals surface area contributed by atoms with E-state index in [-0.39, 0.29) is 99.5 Å². The predicted molar refractivity (Wildman–Crippen MR) is 139 cm³/mol. The Morgan fingerprint density at radius 3 is 2.11 bits per heavy atom. The zero-order valence-electron chi connectivity index (χ0n) is 21.6. The molecule has 1 atom stereocenters. The number of esters is 1. The number of carbonyl (C=O) groups excluding carboxylic acids is 2. The van der Waals surface area contributed by atoms with Gasteiger partial charge in [-0.1, -0.05) is 45.9 Å². The van der Waals surface area contributed by atoms with E-state index in [9.17, 15) is 19.5 Å². The smallest absolute Gasteiger partial charge is 0.313 e. The van der Waals surface area contributed by atoms with E-state index in [2.05, 4.69) is 0 Å². The van der Waals surface area contributed by atoms with Crippen molar-refractivity contribution in [2.45, 2.75) is 47.1 Å². The molecule has 0 aliphatic heterocycles. The van der Waals surface area contributed by atoms with Gasteiger partial charge in [0.25, 0.3) is 0 Å². The van der Waals surface area contributed by atoms with Gasteiger partial charge < -0.3 is 29.4 Å². The van der Waals surface area contributed by atoms with Crippen molar-refractivity contribution < 1.29 is 77.9 Å². The third kappa shape index (κ3) is 12.7. The molecule has 1 unspecified atom stereocenters. The Balaban J connectivity index is -0.000000571. The Bertz CT molecular complexity index is 1070. The Morgan fingerprint density at radius 2 is 1.51 bits per heavy atom. The molecular weight excluding hydrogens is 713 g/mol. The summed E-state index contributed by atoms with van der Waals surface area (Å²) in [6, 6.07) is 12.7. The van der Waals surface area contributed by atoms with Crippen molar-refractivity contribution in [1.82, 2.24) is 0 Å². The van der Waals surface area contributed by atoms with Crippen molar-refractivity contribution in [3.8, 4) is 5.75 Å². The molecule has 1 aromatic heterocycles. The molecule has 0 bridgehead atoms. The molecular formula is C26H36O6SWY-2. The van der Waals surface area contributed by atoms with Gasteiger partial charge in [-0.15, -0.1) is 11.3 Å². The molecule has 0 fully saturated rings. The fourth-order valence-corrected chi connectivity index (χ4v) is 3.71. The SMILES string of the molecule is CC.CC.CC(=O)CC(=O)OCC(O)COc1cccc2sc3ccccc3c(=O)c12.[CH3-].[CH3-].[W].[Y]. The number of hydrogen-bond donors (Lipinski definition) is 1. The fourth-order valence-electron chi connectivity index (χ4n) is 2.61. The number of aliphatic hydroxyl groups is 1. The number of rotatable bonds is 7. The maximum atomic E-state index is 12.8. The number of hydrogen-bond acceptors (Lipinski definition) is 7. The third-order valence-electron chi connectivity index (χ3n) is 3.83. The first-order chi connectivity index (χ1) is 15.0. The quantitative estimate of drug-likeness (QED) is 0.146. The molecule has 0 spiro atoms. The summed E-state index contributed by atoms with van der Waals surface area (Å²) >= 11 is 1.49. The molecule has 193 valence electrons. The van der Waals surface area contributed by atoms with Crippen LogP contribution in [0.3, 0.4) is 0 Å². The Kier molecular flexibility index (Phi) is 26.2. The van der Waals surface area contributed by atoms with Crippen molar-refractivity contribution >= 4 is 43.3 Å². The number of carbonyl (C=O) groups is 2. The van der Waals surface area contributed by atoms with Crippen molar-refractivity contribution in [2.24, 2.45) is 0 Å². The van der Waals surface area contributed by atoms with Crippen LogP contribution in [-0.2, 0) is 68.1 Å². The molecule has 0 amide bonds. The van der Waals surface area contributed by atoms with Crippen LogP contribution in [0.25, 0.3) is 20.2 Å². The predicted octanol–water partition coefficient (Wildman–Crippen LogP) is 5.62. The molecule has 1 radical (unpaired) electrons. The van der Waals surface area contributed by atoms with Gasteiger partial charge in [0.05, 0.1) is 5.39 Å². The second-order valence-corrected chi connectivity index (χ2v) is 7.17. The van der Waals surface area contributed by atoms with Gasteiger partial charge in [0.1, 0.15) is 37.3 Å². The molecule has 0 aliphatic rings. The van der Waals surface area contributed by atoms with Gasteiger partial charge in [-0.3, -0.25) is 14.4 Å². The summed E-state index contributed by atoms with van der Waals surface area (Å²) in [6.07, 6.45) is -1.40. The number of Topliss-reactive ketones (excluding diaryl/α,β-unsaturated/α-hetero) is 1. The van der Waals surface area contributed by atoms with Crippen LogP contribution in [0.4, 0.5) is 0 Å². The van der Waals surface area contributed by atoms with E-state index in [4.69, 9.17) is 9.47 Å². The monoisotopic (exact) mass is 749 g/mol. The normalized spacial score (nSPS) is 9.66. The van der Waals surface area contributed by atoms with Gasteiger partial charge in [0.15, 0.2) is 5.43 Å². The molecule has 1 N–H and O–H groups in total. The van der Waals surface area contributed by atoms with E-state index in [1.807, 2.05) is 52.0 Å². The van der Waals surface area contributed by atoms with Crippen molar-refractivity contribution in [3.05, 3.63) is 67.5 Å². The summed E-state index contributed by atoms with van der Waals surface area (Å²) in [5.41, 5.74) is -0.127. The first kappa shape index (κ1) is 41.2. The van der Waals surface area contributed by atoms with Crippen LogP contribution in [0.2, 0.25) is 0 Å². The zero-order chi connectivity index (χ0) is 23.4. The van der Waals surface area contributed by atoms with E-state index in [1.54, 1.807) is 18.2 Å². The summed E-state index contributed by atoms with van der Waals surface area (Å²) < 4.78 is 12.1. The molecule has 35 heavy (non-hydrogen) atoms. The summed E-state index contributed by atoms with van der Waals surface area (Å²) in [5, 5.41) is 11.0. The molecule has 9 heteroatoms. The molecule has 0 aliphatic carbocycles. The van der Waals surface area contributed by atoms with E-state index in [0.29, 0.717) is 16.5 Å². The van der Waals surface area contributed by atoms with E-state index >= 15 is 0 Å². The number of benzene rings is 2. The van der Waals surface area contributed by atoms with Crippen LogP contribution >= 0.6 is 11.3 Å². The maximum Gasteiger partial charge on any atom is 0.313 e. The largest absolute Gasteiger partial charge is 0.490 e. The minimum atomic E-state index is -1.07. The maximum absolute atomic E-state index is 12.8. The van der Waals surface area contributed by atoms with Gasteiger partial charge in [0, 0.05) is 68.6 Å². The Morgan fingerprint density at radius 1 is 0.943 bits per heavy atom. The van der Waals surface area contributed by atoms with Crippen LogP contribution in [0, 0.1) is 14.9 Å². The molecule has 3 rings (SSSR count). The summed E-state index contributed by atoms with van der Waals surface area (Å²) in [6.45, 7) is 8.85. The number of aliphatic hydroxyl groups excluding tert-OH is 1. The standard InChI is InChI=1S/C20H18O6S.2C2H6.2CH3.W.Y/c1-12(21)9-18(23)26-11-13(22)10-25-15-6-4-8-17-19(15)20(24)14-5-2-3-7-16(14)27-17;2*1-2;;;;/h2-8,13,22H,9-11H2,1H3;2*1-2H3;2*1H3;;/q;;;2*-1;;. The molecule has 3 aromatic rings. The van der Waals surface area contributed by atoms with Crippen LogP contribution in [0.1, 0.15) is 41.0 Å². The topological polar surface area (TPSA) is 89.9 Å². The molecule has 0 saturated heterocycles. The summed E-state index contributed by atoms with van der Waals surface area (Å²) in [7, 11) is 0. The van der Waals surface area contributed by atoms with Crippen LogP contribution < -0.4 is 10.2 Å². The average Bonchev–Trinajstić information content (AvgIpc) is 2.78. The van der Waals surface area contributed by atoms with Crippen molar-refractivity contribution in [1.29, 1.82) is 0 Å². The zero-order valence-corrected chi connectivity index (χ0v) is 28.2. The fraction of sp³-hybridized carbons (Fsp3) is 0.346. The first-order valence-electron chi connectivity index (χ1n) is 10.4. The number of fused-ring (bicyclic) bond motifs is 2. The van der Waals surface area contributed by atoms with Gasteiger partial charge >= 0.3 is 5.97 Å². The van der Waals surface area contributed by atoms with Gasteiger partial charge in [-0.05, 0) is 31.2 Å². The van der Waals surface area contributed by atoms with Gasteiger partial charge in [0.2, 0.25) is 0 Å². The minimum Gasteiger partial charge on any atom is -0.490 e. The summed E-state index contributed by atoms with van der Waals surface area (Å²) in [5.74, 6) is -0.631. The van der Waals surface area contributed by atoms with Crippen LogP contribution in [-0.4, -0.2) is 36.2 Å². The molecule has 6 nitrogen and oxygen atoms in total. The molecule has 1 heterocycles. The second kappa shape index (κ2) is 22.2. The second-order valence-electron chi connectivity index (χ2n) is 6.08.